The monoisotopic (exact) mass is 276 g/mol. The normalized spacial score (nSPS) is 10.2. The van der Waals surface area contributed by atoms with E-state index in [1.54, 1.807) is 0 Å². The first-order valence-corrected chi connectivity index (χ1v) is 5.88. The molecule has 19 heavy (non-hydrogen) atoms. The number of benzene rings is 1. The summed E-state index contributed by atoms with van der Waals surface area (Å²) in [6.45, 7) is 1.87. The Morgan fingerprint density at radius 2 is 2.11 bits per heavy atom. The van der Waals surface area contributed by atoms with Gasteiger partial charge in [0, 0.05) is 12.1 Å². The van der Waals surface area contributed by atoms with Gasteiger partial charge in [-0.05, 0) is 18.6 Å². The number of non-ortho nitro benzene ring substituents is 1. The summed E-state index contributed by atoms with van der Waals surface area (Å²) >= 11 is 6.09. The van der Waals surface area contributed by atoms with Crippen LogP contribution in [0, 0.1) is 21.4 Å². The highest BCUT2D eigenvalue weighted by atomic mass is 35.5. The number of hydrogen-bond acceptors (Lipinski definition) is 4. The Morgan fingerprint density at radius 1 is 1.47 bits per heavy atom. The van der Waals surface area contributed by atoms with Crippen molar-refractivity contribution in [2.45, 2.75) is 13.3 Å². The minimum Gasteiger partial charge on any atom is -0.258 e. The van der Waals surface area contributed by atoms with E-state index in [-0.39, 0.29) is 10.8 Å². The molecular formula is C12H9ClN4O2. The van der Waals surface area contributed by atoms with Crippen LogP contribution in [0.15, 0.2) is 24.3 Å². The molecule has 0 amide bonds. The molecule has 0 radical (unpaired) electrons. The number of aryl methyl sites for hydroxylation is 1. The minimum atomic E-state index is -0.480. The van der Waals surface area contributed by atoms with Crippen molar-refractivity contribution in [3.8, 4) is 11.8 Å². The summed E-state index contributed by atoms with van der Waals surface area (Å²) in [5.74, 6) is 0. The van der Waals surface area contributed by atoms with Gasteiger partial charge in [-0.15, -0.1) is 0 Å². The van der Waals surface area contributed by atoms with E-state index in [2.05, 4.69) is 5.10 Å². The Morgan fingerprint density at radius 3 is 2.53 bits per heavy atom. The van der Waals surface area contributed by atoms with Gasteiger partial charge in [-0.3, -0.25) is 10.1 Å². The minimum absolute atomic E-state index is 0.0109. The molecule has 0 saturated carbocycles. The maximum absolute atomic E-state index is 10.6. The van der Waals surface area contributed by atoms with Crippen molar-refractivity contribution in [2.75, 3.05) is 0 Å². The number of nitro groups is 1. The van der Waals surface area contributed by atoms with Crippen LogP contribution in [0.25, 0.3) is 5.69 Å². The number of halogens is 1. The number of nitro benzene ring substituents is 1. The molecule has 1 aromatic carbocycles. The van der Waals surface area contributed by atoms with Gasteiger partial charge in [0.15, 0.2) is 5.15 Å². The van der Waals surface area contributed by atoms with Gasteiger partial charge in [0.25, 0.3) is 5.69 Å². The summed E-state index contributed by atoms with van der Waals surface area (Å²) < 4.78 is 1.41. The first-order chi connectivity index (χ1) is 9.08. The number of rotatable bonds is 3. The maximum atomic E-state index is 10.6. The number of nitriles is 1. The van der Waals surface area contributed by atoms with Crippen molar-refractivity contribution >= 4 is 17.3 Å². The lowest BCUT2D eigenvalue weighted by Crippen LogP contribution is -1.97. The number of hydrogen-bond donors (Lipinski definition) is 0. The molecule has 0 N–H and O–H groups in total. The third-order valence-electron chi connectivity index (χ3n) is 2.65. The van der Waals surface area contributed by atoms with Crippen molar-refractivity contribution in [3.63, 3.8) is 0 Å². The Balaban J connectivity index is 2.51. The van der Waals surface area contributed by atoms with E-state index in [0.717, 1.165) is 0 Å². The van der Waals surface area contributed by atoms with E-state index in [9.17, 15) is 10.1 Å². The molecule has 0 atom stereocenters. The van der Waals surface area contributed by atoms with E-state index >= 15 is 0 Å². The zero-order valence-electron chi connectivity index (χ0n) is 10.00. The van der Waals surface area contributed by atoms with Crippen LogP contribution < -0.4 is 0 Å². The topological polar surface area (TPSA) is 84.8 Å². The predicted molar refractivity (Wildman–Crippen MR) is 69.3 cm³/mol. The van der Waals surface area contributed by atoms with Crippen LogP contribution in [-0.2, 0) is 6.42 Å². The SMILES string of the molecule is CCc1nn(-c2ccc([N+](=O)[O-])cc2)c(Cl)c1C#N. The van der Waals surface area contributed by atoms with Crippen LogP contribution in [0.2, 0.25) is 5.15 Å². The number of aromatic nitrogens is 2. The molecule has 0 unspecified atom stereocenters. The lowest BCUT2D eigenvalue weighted by molar-refractivity contribution is -0.384. The first-order valence-electron chi connectivity index (χ1n) is 5.50. The fourth-order valence-corrected chi connectivity index (χ4v) is 1.97. The second-order valence-corrected chi connectivity index (χ2v) is 4.12. The zero-order chi connectivity index (χ0) is 14.0. The first kappa shape index (κ1) is 13.1. The molecule has 1 heterocycles. The number of nitrogens with zero attached hydrogens (tertiary/aromatic N) is 4. The van der Waals surface area contributed by atoms with Crippen molar-refractivity contribution in [1.29, 1.82) is 5.26 Å². The maximum Gasteiger partial charge on any atom is 0.269 e. The highest BCUT2D eigenvalue weighted by Crippen LogP contribution is 2.24. The molecule has 0 fully saturated rings. The fourth-order valence-electron chi connectivity index (χ4n) is 1.68. The summed E-state index contributed by atoms with van der Waals surface area (Å²) in [6, 6.07) is 7.82. The molecule has 0 spiro atoms. The fraction of sp³-hybridized carbons (Fsp3) is 0.167. The molecule has 7 heteroatoms. The summed E-state index contributed by atoms with van der Waals surface area (Å²) in [7, 11) is 0. The van der Waals surface area contributed by atoms with Gasteiger partial charge in [0.2, 0.25) is 0 Å². The third-order valence-corrected chi connectivity index (χ3v) is 3.00. The summed E-state index contributed by atoms with van der Waals surface area (Å²) in [4.78, 5) is 10.1. The van der Waals surface area contributed by atoms with Crippen LogP contribution in [0.4, 0.5) is 5.69 Å². The second-order valence-electron chi connectivity index (χ2n) is 3.76. The van der Waals surface area contributed by atoms with Crippen LogP contribution in [-0.4, -0.2) is 14.7 Å². The Kier molecular flexibility index (Phi) is 3.49. The molecule has 2 aromatic rings. The average Bonchev–Trinajstić information content (AvgIpc) is 2.75. The Hall–Kier alpha value is -2.39. The summed E-state index contributed by atoms with van der Waals surface area (Å²) in [5.41, 5.74) is 1.50. The van der Waals surface area contributed by atoms with Crippen LogP contribution >= 0.6 is 11.6 Å². The Bertz CT molecular complexity index is 670. The van der Waals surface area contributed by atoms with Gasteiger partial charge in [-0.25, -0.2) is 4.68 Å². The third kappa shape index (κ3) is 2.28. The van der Waals surface area contributed by atoms with Crippen molar-refractivity contribution < 1.29 is 4.92 Å². The Labute approximate surface area is 114 Å². The van der Waals surface area contributed by atoms with E-state index in [4.69, 9.17) is 16.9 Å². The smallest absolute Gasteiger partial charge is 0.258 e. The van der Waals surface area contributed by atoms with Crippen LogP contribution in [0.3, 0.4) is 0 Å². The van der Waals surface area contributed by atoms with E-state index in [0.29, 0.717) is 23.4 Å². The molecule has 96 valence electrons. The predicted octanol–water partition coefficient (Wildman–Crippen LogP) is 2.87. The van der Waals surface area contributed by atoms with Crippen molar-refractivity contribution in [2.24, 2.45) is 0 Å². The molecule has 6 nitrogen and oxygen atoms in total. The molecule has 1 aromatic heterocycles. The molecule has 0 bridgehead atoms. The highest BCUT2D eigenvalue weighted by Gasteiger charge is 2.16. The van der Waals surface area contributed by atoms with Crippen molar-refractivity contribution in [3.05, 3.63) is 50.8 Å². The standard InChI is InChI=1S/C12H9ClN4O2/c1-2-11-10(7-14)12(13)16(15-11)8-3-5-9(6-4-8)17(18)19/h3-6H,2H2,1H3. The summed E-state index contributed by atoms with van der Waals surface area (Å²) in [5, 5.41) is 24.1. The molecule has 0 saturated heterocycles. The van der Waals surface area contributed by atoms with E-state index in [1.165, 1.54) is 28.9 Å². The quantitative estimate of drug-likeness (QED) is 0.637. The van der Waals surface area contributed by atoms with Gasteiger partial charge >= 0.3 is 0 Å². The molecule has 0 aliphatic rings. The van der Waals surface area contributed by atoms with Gasteiger partial charge in [-0.2, -0.15) is 10.4 Å². The highest BCUT2D eigenvalue weighted by molar-refractivity contribution is 6.31. The van der Waals surface area contributed by atoms with Gasteiger partial charge in [0.1, 0.15) is 11.6 Å². The lowest BCUT2D eigenvalue weighted by atomic mass is 10.2. The second kappa shape index (κ2) is 5.08. The summed E-state index contributed by atoms with van der Waals surface area (Å²) in [6.07, 6.45) is 0.586. The van der Waals surface area contributed by atoms with E-state index in [1.807, 2.05) is 13.0 Å². The van der Waals surface area contributed by atoms with E-state index < -0.39 is 4.92 Å². The zero-order valence-corrected chi connectivity index (χ0v) is 10.8. The van der Waals surface area contributed by atoms with Gasteiger partial charge in [0.05, 0.1) is 16.3 Å². The lowest BCUT2D eigenvalue weighted by Gasteiger charge is -2.02. The average molecular weight is 277 g/mol. The molecular weight excluding hydrogens is 268 g/mol. The largest absolute Gasteiger partial charge is 0.269 e. The molecule has 0 aliphatic heterocycles. The van der Waals surface area contributed by atoms with Gasteiger partial charge in [-0.1, -0.05) is 18.5 Å². The van der Waals surface area contributed by atoms with Crippen molar-refractivity contribution in [1.82, 2.24) is 9.78 Å². The molecule has 0 aliphatic carbocycles. The molecule has 2 rings (SSSR count). The van der Waals surface area contributed by atoms with Crippen LogP contribution in [0.5, 0.6) is 0 Å². The van der Waals surface area contributed by atoms with Crippen LogP contribution in [0.1, 0.15) is 18.2 Å². The van der Waals surface area contributed by atoms with Gasteiger partial charge < -0.3 is 0 Å².